The van der Waals surface area contributed by atoms with E-state index in [1.807, 2.05) is 24.3 Å². The van der Waals surface area contributed by atoms with Crippen LogP contribution in [0, 0.1) is 0 Å². The first-order valence-corrected chi connectivity index (χ1v) is 8.54. The molecular formula is C16H17NO3S. The molecule has 3 rings (SSSR count). The number of hydrogen-bond donors (Lipinski definition) is 1. The Morgan fingerprint density at radius 2 is 1.81 bits per heavy atom. The molecule has 0 atom stereocenters. The standard InChI is InChI=1S/C16H17NO3S/c18-15-10-4-8-14-9-5-11-17(16(14)15)21(19,20)12-13-6-2-1-3-7-13/h1-4,6-8,10,18H,5,9,11-12H2. The second-order valence-electron chi connectivity index (χ2n) is 5.20. The predicted octanol–water partition coefficient (Wildman–Crippen LogP) is 2.67. The molecule has 0 radical (unpaired) electrons. The Hall–Kier alpha value is -2.01. The second-order valence-corrected chi connectivity index (χ2v) is 7.10. The van der Waals surface area contributed by atoms with E-state index in [4.69, 9.17) is 0 Å². The van der Waals surface area contributed by atoms with E-state index in [2.05, 4.69) is 0 Å². The van der Waals surface area contributed by atoms with Crippen molar-refractivity contribution in [1.29, 1.82) is 0 Å². The van der Waals surface area contributed by atoms with Crippen molar-refractivity contribution in [3.63, 3.8) is 0 Å². The summed E-state index contributed by atoms with van der Waals surface area (Å²) >= 11 is 0. The van der Waals surface area contributed by atoms with Gasteiger partial charge in [0.15, 0.2) is 0 Å². The van der Waals surface area contributed by atoms with Crippen molar-refractivity contribution in [2.24, 2.45) is 0 Å². The fourth-order valence-corrected chi connectivity index (χ4v) is 4.40. The molecular weight excluding hydrogens is 286 g/mol. The quantitative estimate of drug-likeness (QED) is 0.948. The van der Waals surface area contributed by atoms with Gasteiger partial charge in [0.2, 0.25) is 10.0 Å². The third kappa shape index (κ3) is 2.74. The van der Waals surface area contributed by atoms with Crippen molar-refractivity contribution < 1.29 is 13.5 Å². The molecule has 0 spiro atoms. The summed E-state index contributed by atoms with van der Waals surface area (Å²) in [6.45, 7) is 0.416. The molecule has 0 bridgehead atoms. The molecule has 110 valence electrons. The summed E-state index contributed by atoms with van der Waals surface area (Å²) in [4.78, 5) is 0. The molecule has 0 unspecified atom stereocenters. The molecule has 0 fully saturated rings. The molecule has 2 aromatic carbocycles. The molecule has 1 N–H and O–H groups in total. The van der Waals surface area contributed by atoms with Gasteiger partial charge in [0.05, 0.1) is 11.4 Å². The van der Waals surface area contributed by atoms with Crippen LogP contribution in [0.15, 0.2) is 48.5 Å². The molecule has 0 amide bonds. The van der Waals surface area contributed by atoms with Crippen LogP contribution in [0.2, 0.25) is 0 Å². The van der Waals surface area contributed by atoms with Crippen LogP contribution in [0.4, 0.5) is 5.69 Å². The van der Waals surface area contributed by atoms with Gasteiger partial charge in [0.25, 0.3) is 0 Å². The van der Waals surface area contributed by atoms with Gasteiger partial charge in [-0.05, 0) is 30.0 Å². The van der Waals surface area contributed by atoms with Crippen LogP contribution in [0.1, 0.15) is 17.5 Å². The van der Waals surface area contributed by atoms with E-state index < -0.39 is 10.0 Å². The van der Waals surface area contributed by atoms with Crippen LogP contribution in [-0.2, 0) is 22.2 Å². The first-order chi connectivity index (χ1) is 10.1. The van der Waals surface area contributed by atoms with Crippen LogP contribution >= 0.6 is 0 Å². The highest BCUT2D eigenvalue weighted by Gasteiger charge is 2.29. The number of anilines is 1. The maximum absolute atomic E-state index is 12.7. The van der Waals surface area contributed by atoms with Crippen molar-refractivity contribution in [3.05, 3.63) is 59.7 Å². The predicted molar refractivity (Wildman–Crippen MR) is 82.8 cm³/mol. The lowest BCUT2D eigenvalue weighted by Crippen LogP contribution is -2.36. The molecule has 5 heteroatoms. The second kappa shape index (κ2) is 5.41. The smallest absolute Gasteiger partial charge is 0.239 e. The van der Waals surface area contributed by atoms with Gasteiger partial charge < -0.3 is 5.11 Å². The SMILES string of the molecule is O=S(=O)(Cc1ccccc1)N1CCCc2cccc(O)c21. The van der Waals surface area contributed by atoms with Gasteiger partial charge in [-0.25, -0.2) is 8.42 Å². The summed E-state index contributed by atoms with van der Waals surface area (Å²) in [7, 11) is -3.50. The number of aromatic hydroxyl groups is 1. The highest BCUT2D eigenvalue weighted by molar-refractivity contribution is 7.92. The van der Waals surface area contributed by atoms with Crippen molar-refractivity contribution in [2.75, 3.05) is 10.8 Å². The van der Waals surface area contributed by atoms with Crippen LogP contribution < -0.4 is 4.31 Å². The summed E-state index contributed by atoms with van der Waals surface area (Å²) in [5.41, 5.74) is 2.08. The van der Waals surface area contributed by atoms with Gasteiger partial charge in [-0.2, -0.15) is 0 Å². The molecule has 4 nitrogen and oxygen atoms in total. The first-order valence-electron chi connectivity index (χ1n) is 6.93. The number of fused-ring (bicyclic) bond motifs is 1. The average Bonchev–Trinajstić information content (AvgIpc) is 2.47. The van der Waals surface area contributed by atoms with E-state index in [1.165, 1.54) is 10.4 Å². The van der Waals surface area contributed by atoms with Crippen molar-refractivity contribution >= 4 is 15.7 Å². The summed E-state index contributed by atoms with van der Waals surface area (Å²) in [5.74, 6) is -0.0226. The maximum Gasteiger partial charge on any atom is 0.239 e. The minimum absolute atomic E-state index is 0.0313. The van der Waals surface area contributed by atoms with Crippen molar-refractivity contribution in [3.8, 4) is 5.75 Å². The molecule has 1 aliphatic heterocycles. The first kappa shape index (κ1) is 13.9. The summed E-state index contributed by atoms with van der Waals surface area (Å²) < 4.78 is 26.7. The number of aryl methyl sites for hydroxylation is 1. The van der Waals surface area contributed by atoms with Gasteiger partial charge in [0, 0.05) is 6.54 Å². The zero-order chi connectivity index (χ0) is 14.9. The fraction of sp³-hybridized carbons (Fsp3) is 0.250. The lowest BCUT2D eigenvalue weighted by Gasteiger charge is -2.31. The van der Waals surface area contributed by atoms with Crippen molar-refractivity contribution in [2.45, 2.75) is 18.6 Å². The Balaban J connectivity index is 1.98. The van der Waals surface area contributed by atoms with E-state index in [0.717, 1.165) is 24.0 Å². The van der Waals surface area contributed by atoms with E-state index in [0.29, 0.717) is 12.2 Å². The van der Waals surface area contributed by atoms with Gasteiger partial charge >= 0.3 is 0 Å². The van der Waals surface area contributed by atoms with E-state index in [9.17, 15) is 13.5 Å². The van der Waals surface area contributed by atoms with Gasteiger partial charge in [0.1, 0.15) is 5.75 Å². The summed E-state index contributed by atoms with van der Waals surface area (Å²) in [6, 6.07) is 14.3. The molecule has 21 heavy (non-hydrogen) atoms. The van der Waals surface area contributed by atoms with Gasteiger partial charge in [-0.1, -0.05) is 42.5 Å². The number of phenolic OH excluding ortho intramolecular Hbond substituents is 1. The zero-order valence-electron chi connectivity index (χ0n) is 11.6. The zero-order valence-corrected chi connectivity index (χ0v) is 12.4. The van der Waals surface area contributed by atoms with Crippen LogP contribution in [0.3, 0.4) is 0 Å². The molecule has 0 aliphatic carbocycles. The third-order valence-electron chi connectivity index (χ3n) is 3.68. The van der Waals surface area contributed by atoms with Crippen LogP contribution in [0.5, 0.6) is 5.75 Å². The van der Waals surface area contributed by atoms with E-state index >= 15 is 0 Å². The normalized spacial score (nSPS) is 14.8. The fourth-order valence-electron chi connectivity index (χ4n) is 2.73. The molecule has 1 aliphatic rings. The highest BCUT2D eigenvalue weighted by atomic mass is 32.2. The minimum atomic E-state index is -3.50. The van der Waals surface area contributed by atoms with Crippen molar-refractivity contribution in [1.82, 2.24) is 0 Å². The Kier molecular flexibility index (Phi) is 3.59. The highest BCUT2D eigenvalue weighted by Crippen LogP contribution is 2.37. The Labute approximate surface area is 124 Å². The number of hydrogen-bond acceptors (Lipinski definition) is 3. The number of sulfonamides is 1. The number of para-hydroxylation sites is 1. The third-order valence-corrected chi connectivity index (χ3v) is 5.42. The monoisotopic (exact) mass is 303 g/mol. The topological polar surface area (TPSA) is 57.6 Å². The minimum Gasteiger partial charge on any atom is -0.506 e. The molecule has 0 saturated heterocycles. The van der Waals surface area contributed by atoms with Gasteiger partial charge in [-0.15, -0.1) is 0 Å². The van der Waals surface area contributed by atoms with E-state index in [-0.39, 0.29) is 11.5 Å². The Morgan fingerprint density at radius 3 is 2.57 bits per heavy atom. The Morgan fingerprint density at radius 1 is 1.05 bits per heavy atom. The van der Waals surface area contributed by atoms with E-state index in [1.54, 1.807) is 18.2 Å². The number of benzene rings is 2. The molecule has 1 heterocycles. The average molecular weight is 303 g/mol. The lowest BCUT2D eigenvalue weighted by molar-refractivity contribution is 0.472. The number of nitrogens with zero attached hydrogens (tertiary/aromatic N) is 1. The maximum atomic E-state index is 12.7. The summed E-state index contributed by atoms with van der Waals surface area (Å²) in [6.07, 6.45) is 1.56. The van der Waals surface area contributed by atoms with Gasteiger partial charge in [-0.3, -0.25) is 4.31 Å². The molecule has 0 saturated carbocycles. The lowest BCUT2D eigenvalue weighted by atomic mass is 10.0. The molecule has 0 aromatic heterocycles. The summed E-state index contributed by atoms with van der Waals surface area (Å²) in [5, 5.41) is 10.1. The van der Waals surface area contributed by atoms with Crippen LogP contribution in [0.25, 0.3) is 0 Å². The number of rotatable bonds is 3. The Bertz CT molecular complexity index is 741. The molecule has 2 aromatic rings. The number of phenols is 1. The largest absolute Gasteiger partial charge is 0.506 e. The van der Waals surface area contributed by atoms with Crippen LogP contribution in [-0.4, -0.2) is 20.1 Å².